The van der Waals surface area contributed by atoms with Crippen molar-refractivity contribution in [3.63, 3.8) is 0 Å². The highest BCUT2D eigenvalue weighted by atomic mass is 16.1. The van der Waals surface area contributed by atoms with Crippen LogP contribution in [0.4, 0.5) is 0 Å². The van der Waals surface area contributed by atoms with Crippen LogP contribution in [0.1, 0.15) is 42.3 Å². The standard InChI is InChI=1S/C14H21NO/c1-9-6-10(2)8-11(7-9)12(16)13(15)14(3,4)5/h6-8,13H,15H2,1-5H3. The Morgan fingerprint density at radius 1 is 1.12 bits per heavy atom. The number of hydrogen-bond acceptors (Lipinski definition) is 2. The van der Waals surface area contributed by atoms with Gasteiger partial charge in [0.05, 0.1) is 6.04 Å². The summed E-state index contributed by atoms with van der Waals surface area (Å²) in [4.78, 5) is 12.2. The molecule has 1 rings (SSSR count). The van der Waals surface area contributed by atoms with Gasteiger partial charge in [-0.05, 0) is 31.4 Å². The first-order valence-electron chi connectivity index (χ1n) is 5.60. The summed E-state index contributed by atoms with van der Waals surface area (Å²) in [5, 5.41) is 0. The molecule has 88 valence electrons. The minimum atomic E-state index is -0.450. The summed E-state index contributed by atoms with van der Waals surface area (Å²) in [6.07, 6.45) is 0. The number of ketones is 1. The maximum absolute atomic E-state index is 12.2. The third-order valence-electron chi connectivity index (χ3n) is 2.72. The third-order valence-corrected chi connectivity index (χ3v) is 2.72. The van der Waals surface area contributed by atoms with Crippen LogP contribution in [0, 0.1) is 19.3 Å². The first kappa shape index (κ1) is 12.9. The molecule has 1 aromatic carbocycles. The van der Waals surface area contributed by atoms with Crippen LogP contribution >= 0.6 is 0 Å². The predicted octanol–water partition coefficient (Wildman–Crippen LogP) is 2.86. The predicted molar refractivity (Wildman–Crippen MR) is 67.7 cm³/mol. The normalized spacial score (nSPS) is 13.6. The van der Waals surface area contributed by atoms with Gasteiger partial charge in [-0.3, -0.25) is 4.79 Å². The van der Waals surface area contributed by atoms with E-state index < -0.39 is 6.04 Å². The van der Waals surface area contributed by atoms with E-state index >= 15 is 0 Å². The number of benzene rings is 1. The molecule has 0 aliphatic rings. The van der Waals surface area contributed by atoms with Gasteiger partial charge in [-0.15, -0.1) is 0 Å². The molecular formula is C14H21NO. The van der Waals surface area contributed by atoms with E-state index in [2.05, 4.69) is 6.07 Å². The summed E-state index contributed by atoms with van der Waals surface area (Å²) in [6, 6.07) is 5.41. The summed E-state index contributed by atoms with van der Waals surface area (Å²) >= 11 is 0. The molecule has 0 saturated heterocycles. The summed E-state index contributed by atoms with van der Waals surface area (Å²) in [7, 11) is 0. The minimum Gasteiger partial charge on any atom is -0.321 e. The van der Waals surface area contributed by atoms with Crippen LogP contribution in [0.15, 0.2) is 18.2 Å². The largest absolute Gasteiger partial charge is 0.321 e. The van der Waals surface area contributed by atoms with Crippen molar-refractivity contribution in [1.82, 2.24) is 0 Å². The second-order valence-electron chi connectivity index (χ2n) is 5.58. The number of rotatable bonds is 2. The number of Topliss-reactive ketones (excluding diaryl/α,β-unsaturated/α-hetero) is 1. The second-order valence-corrected chi connectivity index (χ2v) is 5.58. The zero-order valence-corrected chi connectivity index (χ0v) is 10.8. The molecule has 0 heterocycles. The summed E-state index contributed by atoms with van der Waals surface area (Å²) in [5.41, 5.74) is 8.70. The van der Waals surface area contributed by atoms with E-state index in [1.807, 2.05) is 46.8 Å². The Bertz CT molecular complexity index is 381. The molecule has 0 saturated carbocycles. The Hall–Kier alpha value is -1.15. The van der Waals surface area contributed by atoms with Crippen molar-refractivity contribution in [2.45, 2.75) is 40.7 Å². The fourth-order valence-corrected chi connectivity index (χ4v) is 1.69. The van der Waals surface area contributed by atoms with Crippen molar-refractivity contribution in [3.05, 3.63) is 34.9 Å². The van der Waals surface area contributed by atoms with Gasteiger partial charge in [0.15, 0.2) is 5.78 Å². The van der Waals surface area contributed by atoms with Crippen molar-refractivity contribution >= 4 is 5.78 Å². The van der Waals surface area contributed by atoms with E-state index in [-0.39, 0.29) is 11.2 Å². The monoisotopic (exact) mass is 219 g/mol. The first-order valence-corrected chi connectivity index (χ1v) is 5.60. The second kappa shape index (κ2) is 4.38. The lowest BCUT2D eigenvalue weighted by atomic mass is 9.82. The number of carbonyl (C=O) groups excluding carboxylic acids is 1. The smallest absolute Gasteiger partial charge is 0.180 e. The summed E-state index contributed by atoms with van der Waals surface area (Å²) in [5.74, 6) is 0.0271. The maximum atomic E-state index is 12.2. The van der Waals surface area contributed by atoms with Crippen LogP contribution < -0.4 is 5.73 Å². The fraction of sp³-hybridized carbons (Fsp3) is 0.500. The molecule has 0 fully saturated rings. The molecule has 1 atom stereocenters. The lowest BCUT2D eigenvalue weighted by molar-refractivity contribution is 0.0901. The van der Waals surface area contributed by atoms with Crippen molar-refractivity contribution < 1.29 is 4.79 Å². The van der Waals surface area contributed by atoms with Gasteiger partial charge >= 0.3 is 0 Å². The van der Waals surface area contributed by atoms with Gasteiger partial charge in [0, 0.05) is 5.56 Å². The quantitative estimate of drug-likeness (QED) is 0.777. The first-order chi connectivity index (χ1) is 7.21. The number of nitrogens with two attached hydrogens (primary N) is 1. The Balaban J connectivity index is 3.06. The Morgan fingerprint density at radius 2 is 1.56 bits per heavy atom. The van der Waals surface area contributed by atoms with Crippen LogP contribution in [-0.2, 0) is 0 Å². The van der Waals surface area contributed by atoms with Crippen molar-refractivity contribution in [1.29, 1.82) is 0 Å². The molecule has 0 radical (unpaired) electrons. The molecule has 0 aliphatic heterocycles. The van der Waals surface area contributed by atoms with Crippen molar-refractivity contribution in [2.24, 2.45) is 11.1 Å². The zero-order valence-electron chi connectivity index (χ0n) is 10.8. The van der Waals surface area contributed by atoms with Crippen LogP contribution in [-0.4, -0.2) is 11.8 Å². The molecule has 1 unspecified atom stereocenters. The van der Waals surface area contributed by atoms with Gasteiger partial charge in [-0.25, -0.2) is 0 Å². The molecule has 1 aromatic rings. The van der Waals surface area contributed by atoms with E-state index in [0.717, 1.165) is 16.7 Å². The molecule has 0 aromatic heterocycles. The highest BCUT2D eigenvalue weighted by Crippen LogP contribution is 2.21. The average Bonchev–Trinajstić information content (AvgIpc) is 2.12. The topological polar surface area (TPSA) is 43.1 Å². The molecule has 2 nitrogen and oxygen atoms in total. The number of aryl methyl sites for hydroxylation is 2. The maximum Gasteiger partial charge on any atom is 0.180 e. The molecule has 0 aliphatic carbocycles. The Kier molecular flexibility index (Phi) is 3.54. The SMILES string of the molecule is Cc1cc(C)cc(C(=O)C(N)C(C)(C)C)c1. The summed E-state index contributed by atoms with van der Waals surface area (Å²) in [6.45, 7) is 9.94. The van der Waals surface area contributed by atoms with E-state index in [1.54, 1.807) is 0 Å². The Labute approximate surface area is 97.9 Å². The highest BCUT2D eigenvalue weighted by molar-refractivity contribution is 6.00. The molecular weight excluding hydrogens is 198 g/mol. The van der Waals surface area contributed by atoms with Gasteiger partial charge < -0.3 is 5.73 Å². The van der Waals surface area contributed by atoms with Crippen molar-refractivity contribution in [2.75, 3.05) is 0 Å². The third kappa shape index (κ3) is 2.92. The molecule has 2 heteroatoms. The van der Waals surface area contributed by atoms with Crippen LogP contribution in [0.2, 0.25) is 0 Å². The lowest BCUT2D eigenvalue weighted by Gasteiger charge is -2.25. The van der Waals surface area contributed by atoms with Gasteiger partial charge in [0.1, 0.15) is 0 Å². The minimum absolute atomic E-state index is 0.0271. The molecule has 0 bridgehead atoms. The van der Waals surface area contributed by atoms with Gasteiger partial charge in [-0.2, -0.15) is 0 Å². The van der Waals surface area contributed by atoms with Gasteiger partial charge in [0.25, 0.3) is 0 Å². The number of carbonyl (C=O) groups is 1. The zero-order chi connectivity index (χ0) is 12.5. The van der Waals surface area contributed by atoms with Crippen molar-refractivity contribution in [3.8, 4) is 0 Å². The van der Waals surface area contributed by atoms with Crippen LogP contribution in [0.25, 0.3) is 0 Å². The molecule has 0 spiro atoms. The van der Waals surface area contributed by atoms with E-state index in [1.165, 1.54) is 0 Å². The van der Waals surface area contributed by atoms with Gasteiger partial charge in [0.2, 0.25) is 0 Å². The summed E-state index contributed by atoms with van der Waals surface area (Å²) < 4.78 is 0. The van der Waals surface area contributed by atoms with E-state index in [4.69, 9.17) is 5.73 Å². The molecule has 0 amide bonds. The van der Waals surface area contributed by atoms with Crippen LogP contribution in [0.5, 0.6) is 0 Å². The fourth-order valence-electron chi connectivity index (χ4n) is 1.69. The number of hydrogen-bond donors (Lipinski definition) is 1. The Morgan fingerprint density at radius 3 is 1.94 bits per heavy atom. The van der Waals surface area contributed by atoms with E-state index in [9.17, 15) is 4.79 Å². The highest BCUT2D eigenvalue weighted by Gasteiger charge is 2.28. The molecule has 16 heavy (non-hydrogen) atoms. The van der Waals surface area contributed by atoms with Crippen LogP contribution in [0.3, 0.4) is 0 Å². The molecule has 2 N–H and O–H groups in total. The van der Waals surface area contributed by atoms with E-state index in [0.29, 0.717) is 0 Å². The lowest BCUT2D eigenvalue weighted by Crippen LogP contribution is -2.42. The van der Waals surface area contributed by atoms with Gasteiger partial charge in [-0.1, -0.05) is 38.0 Å². The average molecular weight is 219 g/mol.